The van der Waals surface area contributed by atoms with E-state index in [-0.39, 0.29) is 309 Å². The van der Waals surface area contributed by atoms with Gasteiger partial charge in [0.2, 0.25) is 34.4 Å². The molecule has 0 aliphatic rings. The van der Waals surface area contributed by atoms with Crippen molar-refractivity contribution in [2.45, 2.75) is 24.5 Å². The molecule has 2 aromatic heterocycles. The summed E-state index contributed by atoms with van der Waals surface area (Å²) in [5, 5.41) is 47.8. The molecule has 98 heavy (non-hydrogen) atoms. The summed E-state index contributed by atoms with van der Waals surface area (Å²) in [4.78, 5) is 20.0. The van der Waals surface area contributed by atoms with Gasteiger partial charge in [-0.15, -0.1) is 87.1 Å². The summed E-state index contributed by atoms with van der Waals surface area (Å²) in [5.74, 6) is -3.25. The number of rotatable bonds is 17. The van der Waals surface area contributed by atoms with Gasteiger partial charge in [-0.2, -0.15) is 58.3 Å². The van der Waals surface area contributed by atoms with Crippen LogP contribution in [0.1, 0.15) is 0 Å². The van der Waals surface area contributed by atoms with E-state index in [1.165, 1.54) is 78.9 Å². The summed E-state index contributed by atoms with van der Waals surface area (Å²) in [6.07, 6.45) is 0. The average Bonchev–Trinajstić information content (AvgIpc) is 0.758. The van der Waals surface area contributed by atoms with Gasteiger partial charge < -0.3 is 54.2 Å². The van der Waals surface area contributed by atoms with E-state index in [1.54, 1.807) is 0 Å². The van der Waals surface area contributed by atoms with E-state index in [0.29, 0.717) is 17.8 Å². The maximum atomic E-state index is 12.6. The molecule has 31 nitrogen and oxygen atoms in total. The number of fused-ring (bicyclic) bond motifs is 4. The summed E-state index contributed by atoms with van der Waals surface area (Å²) in [7, 11) is -26.6. The molecule has 0 aliphatic carbocycles. The summed E-state index contributed by atoms with van der Waals surface area (Å²) < 4.78 is 186. The van der Waals surface area contributed by atoms with Crippen molar-refractivity contribution >= 4 is 186 Å². The third kappa shape index (κ3) is 21.0. The fraction of sp³-hybridized carbons (Fsp3) is 0. The summed E-state index contributed by atoms with van der Waals surface area (Å²) in [5.41, 5.74) is -2.65. The van der Waals surface area contributed by atoms with Crippen molar-refractivity contribution < 1.29 is 312 Å². The molecule has 0 spiro atoms. The van der Waals surface area contributed by atoms with Crippen LogP contribution in [-0.4, -0.2) is 105 Å². The summed E-state index contributed by atoms with van der Waals surface area (Å²) in [6.45, 7) is 0. The number of azo groups is 2. The smallest absolute Gasteiger partial charge is 0.745 e. The number of phenolic OH excluding ortho intramolecular Hbond substituents is 2. The fourth-order valence-electron chi connectivity index (χ4n) is 8.93. The Labute approximate surface area is 743 Å². The predicted octanol–water partition coefficient (Wildman–Crippen LogP) is -14.9. The van der Waals surface area contributed by atoms with Gasteiger partial charge in [0.25, 0.3) is 0 Å². The number of aromatic hydroxyl groups is 2. The Morgan fingerprint density at radius 2 is 0.939 bits per heavy atom. The zero-order valence-electron chi connectivity index (χ0n) is 51.8. The molecule has 458 valence electrons. The molecule has 0 aliphatic heterocycles. The molecule has 11 aromatic rings. The van der Waals surface area contributed by atoms with Crippen LogP contribution in [0, 0.1) is 18.2 Å². The molecule has 2 heterocycles. The second-order valence-corrected chi connectivity index (χ2v) is 25.8. The molecule has 0 radical (unpaired) electrons. The third-order valence-corrected chi connectivity index (χ3v) is 17.3. The SMILES string of the molecule is O=S(=O)([O-])c1cc(Nc2nc(Cl)nc(Nc3ccc(Nc4nc(Cl)nc(Nc5c[c-]cc6cc(S(=O)(=O)[O-])c(N=Nc7ccc8[c-]cccc8c7S(=O)(=O)[O-])c(O)c56)n4)cc3)n2)c2c(O)c(N=Nc3[c-]c4cccc(S(=O)(=O)[O-])c4cc3)c(S(=O)(=O)[O-])cc2c1.[Na+].[Na+].[Na+].[Na+].[Na+].[Na+].[Na+].[Na+]. The minimum absolute atomic E-state index is 0. The van der Waals surface area contributed by atoms with Gasteiger partial charge in [0, 0.05) is 32.2 Å². The zero-order valence-corrected chi connectivity index (χ0v) is 73.4. The van der Waals surface area contributed by atoms with E-state index in [9.17, 15) is 75.1 Å². The Morgan fingerprint density at radius 3 is 1.46 bits per heavy atom. The number of hydrogen-bond donors (Lipinski definition) is 6. The number of nitrogens with one attached hydrogen (secondary N) is 4. The van der Waals surface area contributed by atoms with Crippen molar-refractivity contribution in [1.29, 1.82) is 0 Å². The Balaban J connectivity index is 0.00000312. The van der Waals surface area contributed by atoms with Crippen LogP contribution in [0.5, 0.6) is 11.5 Å². The molecule has 11 rings (SSSR count). The average molecular weight is 1530 g/mol. The molecule has 0 amide bonds. The van der Waals surface area contributed by atoms with Crippen molar-refractivity contribution in [2.75, 3.05) is 21.3 Å². The van der Waals surface area contributed by atoms with Gasteiger partial charge >= 0.3 is 236 Å². The van der Waals surface area contributed by atoms with Crippen LogP contribution in [0.15, 0.2) is 166 Å². The Hall–Kier alpha value is -1.83. The number of halogens is 2. The quantitative estimate of drug-likeness (QED) is 0.0213. The van der Waals surface area contributed by atoms with Crippen LogP contribution < -0.4 is 258 Å². The van der Waals surface area contributed by atoms with E-state index < -0.39 is 131 Å². The maximum absolute atomic E-state index is 12.6. The zero-order chi connectivity index (χ0) is 64.4. The molecule has 0 saturated carbocycles. The number of benzene rings is 9. The first kappa shape index (κ1) is 90.4. The Morgan fingerprint density at radius 1 is 0.439 bits per heavy atom. The molecular formula is C52H26Cl2N14Na8O17S5. The molecule has 6 N–H and O–H groups in total. The summed E-state index contributed by atoms with van der Waals surface area (Å²) in [6, 6.07) is 32.2. The van der Waals surface area contributed by atoms with Gasteiger partial charge in [0.1, 0.15) is 67.7 Å². The van der Waals surface area contributed by atoms with Crippen LogP contribution in [0.4, 0.5) is 69.3 Å². The molecule has 0 unspecified atom stereocenters. The number of anilines is 8. The minimum Gasteiger partial charge on any atom is -0.745 e. The fourth-order valence-corrected chi connectivity index (χ4v) is 12.6. The van der Waals surface area contributed by atoms with Gasteiger partial charge in [0.05, 0.1) is 26.1 Å². The van der Waals surface area contributed by atoms with Crippen LogP contribution in [0.2, 0.25) is 10.6 Å². The monoisotopic (exact) mass is 1530 g/mol. The summed E-state index contributed by atoms with van der Waals surface area (Å²) >= 11 is 12.6. The molecule has 0 fully saturated rings. The first-order valence-corrected chi connectivity index (χ1v) is 32.2. The number of phenols is 2. The Bertz CT molecular complexity index is 5590. The van der Waals surface area contributed by atoms with Crippen molar-refractivity contribution in [3.05, 3.63) is 150 Å². The molecule has 0 bridgehead atoms. The third-order valence-electron chi connectivity index (χ3n) is 12.6. The van der Waals surface area contributed by atoms with Gasteiger partial charge in [-0.1, -0.05) is 40.0 Å². The maximum Gasteiger partial charge on any atom is 1.00 e. The van der Waals surface area contributed by atoms with Crippen LogP contribution >= 0.6 is 23.2 Å². The number of hydrogen-bond acceptors (Lipinski definition) is 31. The first-order valence-electron chi connectivity index (χ1n) is 24.4. The predicted molar refractivity (Wildman–Crippen MR) is 313 cm³/mol. The molecular weight excluding hydrogens is 1510 g/mol. The van der Waals surface area contributed by atoms with Crippen LogP contribution in [0.3, 0.4) is 0 Å². The molecule has 46 heteroatoms. The molecule has 9 aromatic carbocycles. The van der Waals surface area contributed by atoms with Gasteiger partial charge in [0.15, 0.2) is 5.75 Å². The number of nitrogens with zero attached hydrogens (tertiary/aromatic N) is 10. The first-order chi connectivity index (χ1) is 42.3. The van der Waals surface area contributed by atoms with Crippen molar-refractivity contribution in [1.82, 2.24) is 29.9 Å². The second-order valence-electron chi connectivity index (χ2n) is 18.4. The van der Waals surface area contributed by atoms with Crippen molar-refractivity contribution in [3.63, 3.8) is 0 Å². The Kier molecular flexibility index (Phi) is 33.6. The standard InChI is InChI=1S/C52H31Cl2N14O17S5.8Na/c53-47-59-49(63-51(61-47)57-34-9-3-7-26-21-38(88(77,78)79)43(44(69)40(26)34)68-66-35-18-11-24-5-1-2-8-33(24)46(35)90(83,84)85)55-28-12-14-29(15-13-28)56-50-60-48(54)62-52(64-50)58-36-23-31(86(71,72)73)20-27-22-39(89(80,81)82)42(45(70)41(27)36)67-65-30-16-17-32-25(19-30)6-4-10-37(32)87(74,75)76;;;;;;;;/h1-2,4,6-18,20-23,69-70H,(H,71,72,73)(H,74,75,76)(H,77,78,79)(H,80,81,82)(H,83,84,85)(H2,55,57,59,61,63)(H2,56,58,60,62,64);;;;;;;;/q-3;8*+1/p-5. The molecule has 0 saturated heterocycles. The van der Waals surface area contributed by atoms with E-state index in [1.807, 2.05) is 0 Å². The normalized spacial score (nSPS) is 11.6. The topological polar surface area (TPSA) is 501 Å². The van der Waals surface area contributed by atoms with Gasteiger partial charge in [-0.05, 0) is 71.1 Å². The van der Waals surface area contributed by atoms with Crippen LogP contribution in [0.25, 0.3) is 43.1 Å². The van der Waals surface area contributed by atoms with E-state index in [2.05, 4.69) is 89.8 Å². The van der Waals surface area contributed by atoms with Crippen molar-refractivity contribution in [2.24, 2.45) is 20.5 Å². The van der Waals surface area contributed by atoms with Crippen LogP contribution in [-0.2, 0) is 50.6 Å². The van der Waals surface area contributed by atoms with Crippen molar-refractivity contribution in [3.8, 4) is 11.5 Å². The van der Waals surface area contributed by atoms with E-state index in [0.717, 1.165) is 30.3 Å². The largest absolute Gasteiger partial charge is 1.00 e. The number of aromatic nitrogens is 6. The van der Waals surface area contributed by atoms with E-state index >= 15 is 0 Å². The van der Waals surface area contributed by atoms with Gasteiger partial charge in [-0.3, -0.25) is 0 Å². The minimum atomic E-state index is -5.58. The molecule has 0 atom stereocenters. The van der Waals surface area contributed by atoms with E-state index in [4.69, 9.17) is 23.2 Å². The second kappa shape index (κ2) is 36.4. The van der Waals surface area contributed by atoms with Gasteiger partial charge in [-0.25, -0.2) is 42.1 Å².